The minimum absolute atomic E-state index is 2.55. The van der Waals surface area contributed by atoms with Gasteiger partial charge < -0.3 is 5.11 Å². The molecule has 0 rings (SSSR count). The second-order valence-corrected chi connectivity index (χ2v) is 2.29. The van der Waals surface area contributed by atoms with Crippen LogP contribution in [0, 0.1) is 0 Å². The van der Waals surface area contributed by atoms with Gasteiger partial charge in [-0.3, -0.25) is 4.79 Å². The van der Waals surface area contributed by atoms with Crippen molar-refractivity contribution >= 4 is 5.97 Å². The lowest BCUT2D eigenvalue weighted by molar-refractivity contribution is -0.137. The molecular weight excluding hydrogens is 248 g/mol. The van der Waals surface area contributed by atoms with E-state index in [2.05, 4.69) is 5.11 Å². The van der Waals surface area contributed by atoms with Gasteiger partial charge in [0.25, 0.3) is 1.43 Å². The third kappa shape index (κ3) is 17.5. The third-order valence-corrected chi connectivity index (χ3v) is 1.04. The van der Waals surface area contributed by atoms with E-state index in [0.717, 1.165) is 0 Å². The number of carboxylic acids is 1. The molecule has 2 heteroatoms. The quantitative estimate of drug-likeness (QED) is 0.360. The number of carbonyl (C=O) groups is 1. The van der Waals surface area contributed by atoms with Gasteiger partial charge >= 0.3 is 5.97 Å². The highest BCUT2D eigenvalue weighted by Crippen LogP contribution is 2.13. The minimum Gasteiger partial charge on any atom is -0.481 e. The molecule has 0 amide bonds. The fourth-order valence-electron chi connectivity index (χ4n) is 0.489. The Morgan fingerprint density at radius 3 is 1.60 bits per heavy atom. The van der Waals surface area contributed by atoms with Crippen molar-refractivity contribution in [3.8, 4) is 0 Å². The Labute approximate surface area is 177 Å². The zero-order valence-electron chi connectivity index (χ0n) is 45.8. The Bertz CT molecular complexity index is 1460. The first-order chi connectivity index (χ1) is 23.5. The van der Waals surface area contributed by atoms with Crippen LogP contribution in [0.4, 0.5) is 0 Å². The molecule has 1 N–H and O–H groups in total. The van der Waals surface area contributed by atoms with Crippen LogP contribution in [0.3, 0.4) is 0 Å². The molecule has 0 aromatic carbocycles. The summed E-state index contributed by atoms with van der Waals surface area (Å²) in [5, 5.41) is 3.26. The van der Waals surface area contributed by atoms with Crippen LogP contribution in [-0.2, 0) is 4.79 Å². The van der Waals surface area contributed by atoms with E-state index < -0.39 is 115 Å². The van der Waals surface area contributed by atoms with Crippen LogP contribution in [-0.4, -0.2) is 11.1 Å². The summed E-state index contributed by atoms with van der Waals surface area (Å²) >= 11 is 0. The van der Waals surface area contributed by atoms with Gasteiger partial charge in [-0.15, -0.1) is 0 Å². The number of hydrogen-bond donors (Lipinski definition) is 1. The van der Waals surface area contributed by atoms with E-state index in [0.29, 0.717) is 0 Å². The minimum atomic E-state index is -5.26. The molecule has 20 heavy (non-hydrogen) atoms. The molecule has 0 saturated carbocycles. The van der Waals surface area contributed by atoms with Crippen molar-refractivity contribution in [1.29, 1.82) is 1.43 Å². The first-order valence-electron chi connectivity index (χ1n) is 22.6. The van der Waals surface area contributed by atoms with E-state index in [1.165, 1.54) is 0 Å². The van der Waals surface area contributed by atoms with Crippen molar-refractivity contribution in [2.75, 3.05) is 0 Å². The lowest BCUT2D eigenvalue weighted by Gasteiger charge is -2.03. The van der Waals surface area contributed by atoms with Crippen molar-refractivity contribution in [3.05, 3.63) is 0 Å². The molecule has 0 unspecified atom stereocenters. The van der Waals surface area contributed by atoms with Gasteiger partial charge in [0.2, 0.25) is 0 Å². The number of hydrogen-bond acceptors (Lipinski definition) is 2. The average molecular weight is 321 g/mol. The Morgan fingerprint density at radius 2 is 1.20 bits per heavy atom. The fraction of sp³-hybridized carbons (Fsp3) is 0.944. The highest BCUT2D eigenvalue weighted by atomic mass is 16.4. The third-order valence-electron chi connectivity index (χ3n) is 1.04. The zero-order chi connectivity index (χ0) is 46.8. The van der Waals surface area contributed by atoms with E-state index in [1.54, 1.807) is 0 Å². The summed E-state index contributed by atoms with van der Waals surface area (Å²) in [7, 11) is 0. The zero-order valence-corrected chi connectivity index (χ0v) is 9.82. The molecule has 120 valence electrons. The lowest BCUT2D eigenvalue weighted by Crippen LogP contribution is -1.93. The van der Waals surface area contributed by atoms with Crippen LogP contribution in [0.5, 0.6) is 0 Å². The maximum Gasteiger partial charge on any atom is 0.303 e. The predicted octanol–water partition coefficient (Wildman–Crippen LogP) is 6.33. The predicted molar refractivity (Wildman–Crippen MR) is 87.2 cm³/mol. The second-order valence-electron chi connectivity index (χ2n) is 2.29. The summed E-state index contributed by atoms with van der Waals surface area (Å²) < 4.78 is 285. The topological polar surface area (TPSA) is 37.3 Å². The summed E-state index contributed by atoms with van der Waals surface area (Å²) in [6.45, 7) is -4.15. The Balaban J connectivity index is 7.83. The van der Waals surface area contributed by atoms with E-state index in [-0.39, 0.29) is 0 Å². The molecule has 0 aliphatic rings. The fourth-order valence-corrected chi connectivity index (χ4v) is 0.489. The van der Waals surface area contributed by atoms with E-state index in [1.807, 2.05) is 0 Å². The molecule has 0 aromatic rings. The molecule has 0 spiro atoms. The molecule has 0 atom stereocenters. The molecule has 0 aliphatic carbocycles. The molecule has 0 aliphatic heterocycles. The monoisotopic (exact) mass is 320 g/mol. The molecule has 0 radical (unpaired) electrons. The number of rotatable bonds is 16. The van der Waals surface area contributed by atoms with Crippen LogP contribution >= 0.6 is 0 Å². The standard InChI is InChI=1S/C18H36O2/c1-2-3-4-5-6-7-8-9-10-11-12-13-14-15-16-17-18(19)20/h2-17H2,1H3,(H,19,20)/i1D3,2D2,3D2,4D2,5D2,6D2,7D2,8D2,9D2,10D2,11D2,12D2,13D2,14D2,15D2,16D2,17D2/hD. The van der Waals surface area contributed by atoms with Crippen molar-refractivity contribution in [3.63, 3.8) is 0 Å². The summed E-state index contributed by atoms with van der Waals surface area (Å²) in [6, 6.07) is 0. The molecule has 0 aromatic heterocycles. The molecule has 0 saturated heterocycles. The van der Waals surface area contributed by atoms with Gasteiger partial charge in [-0.2, -0.15) is 0 Å². The van der Waals surface area contributed by atoms with Crippen molar-refractivity contribution in [1.82, 2.24) is 0 Å². The Kier molecular flexibility index (Phi) is 1.85. The van der Waals surface area contributed by atoms with E-state index in [9.17, 15) is 4.79 Å². The molecular formula is C18H36O2. The Morgan fingerprint density at radius 1 is 0.800 bits per heavy atom. The highest BCUT2D eigenvalue weighted by molar-refractivity contribution is 5.66. The highest BCUT2D eigenvalue weighted by Gasteiger charge is 1.97. The van der Waals surface area contributed by atoms with Gasteiger partial charge in [-0.05, 0) is 6.37 Å². The van der Waals surface area contributed by atoms with Gasteiger partial charge in [0.1, 0.15) is 0 Å². The number of aliphatic carboxylic acids is 1. The van der Waals surface area contributed by atoms with Crippen molar-refractivity contribution < 1.29 is 57.9 Å². The molecule has 0 fully saturated rings. The maximum absolute atomic E-state index is 11.8. The van der Waals surface area contributed by atoms with Crippen molar-refractivity contribution in [2.24, 2.45) is 0 Å². The van der Waals surface area contributed by atoms with Crippen LogP contribution in [0.15, 0.2) is 0 Å². The molecule has 0 bridgehead atoms. The molecule has 2 nitrogen and oxygen atoms in total. The van der Waals surface area contributed by atoms with E-state index >= 15 is 0 Å². The number of carboxylic acid groups (broad SMARTS) is 1. The first kappa shape index (κ1) is 2.24. The smallest absolute Gasteiger partial charge is 0.303 e. The normalized spacial score (nSPS) is 49.4. The maximum atomic E-state index is 11.8. The summed E-state index contributed by atoms with van der Waals surface area (Å²) in [4.78, 5) is 11.8. The van der Waals surface area contributed by atoms with Crippen LogP contribution in [0.25, 0.3) is 1.43 Å². The Hall–Kier alpha value is -0.530. The van der Waals surface area contributed by atoms with Crippen LogP contribution < -0.4 is 0 Å². The lowest BCUT2D eigenvalue weighted by atomic mass is 10.0. The van der Waals surface area contributed by atoms with Crippen molar-refractivity contribution in [2.45, 2.75) is 109 Å². The van der Waals surface area contributed by atoms with Gasteiger partial charge in [0.15, 0.2) is 0 Å². The van der Waals surface area contributed by atoms with E-state index in [4.69, 9.17) is 49.4 Å². The van der Waals surface area contributed by atoms with Gasteiger partial charge in [0, 0.05) is 54.3 Å². The van der Waals surface area contributed by atoms with Gasteiger partial charge in [0.05, 0.1) is 0 Å². The SMILES string of the molecule is [2H]OC(=O)C([2H])([2H])C([2H])([2H])C([2H])([2H])C([2H])([2H])C([2H])([2H])C([2H])([2H])C([2H])([2H])C([2H])([2H])C([2H])([2H])C([2H])([2H])C([2H])([2H])C([2H])([2H])C([2H])([2H])C([2H])([2H])C([2H])([2H])C([2H])([2H])C([2H])([2H])[2H]. The summed E-state index contributed by atoms with van der Waals surface area (Å²) in [6.07, 6.45) is -79.8. The second kappa shape index (κ2) is 16.5. The van der Waals surface area contributed by atoms with Crippen LogP contribution in [0.1, 0.15) is 157 Å². The largest absolute Gasteiger partial charge is 0.481 e. The van der Waals surface area contributed by atoms with Gasteiger partial charge in [-0.25, -0.2) is 0 Å². The van der Waals surface area contributed by atoms with Gasteiger partial charge in [-0.1, -0.05) is 96.1 Å². The molecule has 0 heterocycles. The van der Waals surface area contributed by atoms with Crippen LogP contribution in [0.2, 0.25) is 0 Å². The summed E-state index contributed by atoms with van der Waals surface area (Å²) in [5.74, 6) is -2.55. The average Bonchev–Trinajstić information content (AvgIpc) is 2.98. The summed E-state index contributed by atoms with van der Waals surface area (Å²) in [5.41, 5.74) is 0. The first-order valence-corrected chi connectivity index (χ1v) is 4.66.